The Morgan fingerprint density at radius 1 is 1.23 bits per heavy atom. The fraction of sp³-hybridized carbons (Fsp3) is 0.414. The standard InChI is InChI=1S/C29H35FN6O3/c1-7-36(28(38)39-29(4,5)6)20-10-11-34(16-20)24-9-8-21(25-22(24)12-17(2)31-25)27(37)33-19-13-23(30)26-32-18(3)14-35(26)15-19/h8-9,12-15,20,31H,7,10-11,16H2,1-6H3,(H,33,37)/t20-/m1/s1. The number of carbonyl (C=O) groups excluding carboxylic acids is 2. The van der Waals surface area contributed by atoms with Crippen LogP contribution in [0, 0.1) is 19.7 Å². The van der Waals surface area contributed by atoms with E-state index in [1.807, 2.05) is 46.8 Å². The van der Waals surface area contributed by atoms with Crippen molar-refractivity contribution in [2.24, 2.45) is 0 Å². The monoisotopic (exact) mass is 534 g/mol. The summed E-state index contributed by atoms with van der Waals surface area (Å²) in [6, 6.07) is 7.07. The molecule has 0 spiro atoms. The molecule has 206 valence electrons. The van der Waals surface area contributed by atoms with Gasteiger partial charge in [-0.25, -0.2) is 14.2 Å². The van der Waals surface area contributed by atoms with E-state index in [0.29, 0.717) is 35.6 Å². The van der Waals surface area contributed by atoms with Crippen LogP contribution in [0.2, 0.25) is 0 Å². The number of ether oxygens (including phenoxy) is 1. The van der Waals surface area contributed by atoms with Gasteiger partial charge in [0.1, 0.15) is 5.60 Å². The number of aromatic amines is 1. The molecule has 0 saturated carbocycles. The number of H-pyrrole nitrogens is 1. The summed E-state index contributed by atoms with van der Waals surface area (Å²) in [5, 5.41) is 3.76. The van der Waals surface area contributed by atoms with Crippen molar-refractivity contribution in [1.82, 2.24) is 19.3 Å². The van der Waals surface area contributed by atoms with Gasteiger partial charge < -0.3 is 29.2 Å². The SMILES string of the molecule is CCN(C(=O)OC(C)(C)C)[C@@H]1CCN(c2ccc(C(=O)Nc3cc(F)c4nc(C)cn4c3)c3[nH]c(C)cc23)C1. The number of amides is 2. The second kappa shape index (κ2) is 9.91. The van der Waals surface area contributed by atoms with E-state index in [-0.39, 0.29) is 23.7 Å². The Bertz CT molecular complexity index is 1570. The molecule has 1 aliphatic heterocycles. The number of aromatic nitrogens is 3. The third-order valence-electron chi connectivity index (χ3n) is 6.95. The average molecular weight is 535 g/mol. The van der Waals surface area contributed by atoms with Crippen molar-refractivity contribution in [3.63, 3.8) is 0 Å². The van der Waals surface area contributed by atoms with Crippen molar-refractivity contribution >= 4 is 39.9 Å². The molecule has 10 heteroatoms. The molecule has 0 aliphatic carbocycles. The van der Waals surface area contributed by atoms with Gasteiger partial charge in [-0.2, -0.15) is 0 Å². The van der Waals surface area contributed by atoms with Gasteiger partial charge in [-0.1, -0.05) is 0 Å². The number of nitrogens with zero attached hydrogens (tertiary/aromatic N) is 4. The number of hydrogen-bond acceptors (Lipinski definition) is 5. The van der Waals surface area contributed by atoms with Crippen LogP contribution in [0.4, 0.5) is 20.6 Å². The maximum Gasteiger partial charge on any atom is 0.410 e. The molecule has 1 saturated heterocycles. The van der Waals surface area contributed by atoms with Gasteiger partial charge in [-0.15, -0.1) is 0 Å². The minimum Gasteiger partial charge on any atom is -0.444 e. The van der Waals surface area contributed by atoms with Crippen molar-refractivity contribution in [3.8, 4) is 0 Å². The Morgan fingerprint density at radius 2 is 2.00 bits per heavy atom. The zero-order chi connectivity index (χ0) is 28.1. The number of halogens is 1. The molecule has 1 atom stereocenters. The van der Waals surface area contributed by atoms with Crippen molar-refractivity contribution in [2.45, 2.75) is 59.6 Å². The van der Waals surface area contributed by atoms with E-state index in [9.17, 15) is 14.0 Å². The molecule has 1 aromatic carbocycles. The molecule has 1 aliphatic rings. The predicted octanol–water partition coefficient (Wildman–Crippen LogP) is 5.66. The molecule has 5 rings (SSSR count). The summed E-state index contributed by atoms with van der Waals surface area (Å²) in [5.41, 5.74) is 3.79. The number of hydrogen-bond donors (Lipinski definition) is 2. The zero-order valence-corrected chi connectivity index (χ0v) is 23.3. The lowest BCUT2D eigenvalue weighted by atomic mass is 10.1. The molecular weight excluding hydrogens is 499 g/mol. The largest absolute Gasteiger partial charge is 0.444 e. The van der Waals surface area contributed by atoms with E-state index in [2.05, 4.69) is 20.2 Å². The van der Waals surface area contributed by atoms with E-state index in [1.165, 1.54) is 6.07 Å². The van der Waals surface area contributed by atoms with Crippen LogP contribution in [0.1, 0.15) is 55.9 Å². The first-order valence-electron chi connectivity index (χ1n) is 13.3. The number of pyridine rings is 1. The van der Waals surface area contributed by atoms with E-state index in [0.717, 1.165) is 29.7 Å². The highest BCUT2D eigenvalue weighted by molar-refractivity contribution is 6.14. The summed E-state index contributed by atoms with van der Waals surface area (Å²) in [7, 11) is 0. The normalized spacial score (nSPS) is 15.8. The zero-order valence-electron chi connectivity index (χ0n) is 23.3. The maximum atomic E-state index is 14.6. The molecule has 0 bridgehead atoms. The fourth-order valence-electron chi connectivity index (χ4n) is 5.32. The Kier molecular flexibility index (Phi) is 6.74. The third kappa shape index (κ3) is 5.28. The lowest BCUT2D eigenvalue weighted by molar-refractivity contribution is 0.0191. The summed E-state index contributed by atoms with van der Waals surface area (Å²) < 4.78 is 21.8. The maximum absolute atomic E-state index is 14.6. The Balaban J connectivity index is 1.39. The first kappa shape index (κ1) is 26.5. The molecule has 1 fully saturated rings. The Labute approximate surface area is 226 Å². The molecule has 4 heterocycles. The lowest BCUT2D eigenvalue weighted by Crippen LogP contribution is -2.44. The number of likely N-dealkylation sites (N-methyl/N-ethyl adjacent to an activating group) is 1. The topological polar surface area (TPSA) is 95.0 Å². The van der Waals surface area contributed by atoms with Crippen molar-refractivity contribution < 1.29 is 18.7 Å². The summed E-state index contributed by atoms with van der Waals surface area (Å²) >= 11 is 0. The van der Waals surface area contributed by atoms with Crippen LogP contribution >= 0.6 is 0 Å². The van der Waals surface area contributed by atoms with Crippen LogP contribution in [-0.4, -0.2) is 62.5 Å². The van der Waals surface area contributed by atoms with Gasteiger partial charge in [0.2, 0.25) is 0 Å². The second-order valence-electron chi connectivity index (χ2n) is 11.2. The van der Waals surface area contributed by atoms with Crippen LogP contribution in [-0.2, 0) is 4.74 Å². The van der Waals surface area contributed by atoms with Crippen molar-refractivity contribution in [3.05, 3.63) is 59.4 Å². The number of rotatable bonds is 5. The van der Waals surface area contributed by atoms with E-state index in [1.54, 1.807) is 34.7 Å². The molecule has 2 N–H and O–H groups in total. The van der Waals surface area contributed by atoms with Gasteiger partial charge >= 0.3 is 6.09 Å². The lowest BCUT2D eigenvalue weighted by Gasteiger charge is -2.31. The minimum atomic E-state index is -0.552. The predicted molar refractivity (Wildman–Crippen MR) is 150 cm³/mol. The van der Waals surface area contributed by atoms with E-state index < -0.39 is 11.4 Å². The quantitative estimate of drug-likeness (QED) is 0.345. The molecule has 0 unspecified atom stereocenters. The average Bonchev–Trinajstić information content (AvgIpc) is 3.55. The second-order valence-corrected chi connectivity index (χ2v) is 11.2. The van der Waals surface area contributed by atoms with Crippen LogP contribution in [0.3, 0.4) is 0 Å². The van der Waals surface area contributed by atoms with Crippen LogP contribution in [0.15, 0.2) is 36.7 Å². The Morgan fingerprint density at radius 3 is 2.72 bits per heavy atom. The Hall–Kier alpha value is -4.08. The van der Waals surface area contributed by atoms with Crippen LogP contribution in [0.25, 0.3) is 16.6 Å². The minimum absolute atomic E-state index is 0.0274. The van der Waals surface area contributed by atoms with Crippen LogP contribution in [0.5, 0.6) is 0 Å². The van der Waals surface area contributed by atoms with Gasteiger partial charge in [0.05, 0.1) is 28.5 Å². The molecule has 39 heavy (non-hydrogen) atoms. The number of anilines is 2. The number of carbonyl (C=O) groups is 2. The van der Waals surface area contributed by atoms with E-state index >= 15 is 0 Å². The van der Waals surface area contributed by atoms with Gasteiger partial charge in [0.15, 0.2) is 11.5 Å². The number of fused-ring (bicyclic) bond motifs is 2. The molecule has 3 aromatic heterocycles. The molecule has 2 amide bonds. The van der Waals surface area contributed by atoms with Crippen LogP contribution < -0.4 is 10.2 Å². The van der Waals surface area contributed by atoms with Gasteiger partial charge in [-0.3, -0.25) is 4.79 Å². The number of aryl methyl sites for hydroxylation is 2. The van der Waals surface area contributed by atoms with Crippen molar-refractivity contribution in [1.29, 1.82) is 0 Å². The highest BCUT2D eigenvalue weighted by Gasteiger charge is 2.33. The smallest absolute Gasteiger partial charge is 0.410 e. The van der Waals surface area contributed by atoms with Crippen molar-refractivity contribution in [2.75, 3.05) is 29.9 Å². The fourth-order valence-corrected chi connectivity index (χ4v) is 5.32. The van der Waals surface area contributed by atoms with Gasteiger partial charge in [0.25, 0.3) is 5.91 Å². The van der Waals surface area contributed by atoms with E-state index in [4.69, 9.17) is 4.74 Å². The molecule has 9 nitrogen and oxygen atoms in total. The number of imidazole rings is 1. The number of nitrogens with one attached hydrogen (secondary N) is 2. The summed E-state index contributed by atoms with van der Waals surface area (Å²) in [5.74, 6) is -0.849. The highest BCUT2D eigenvalue weighted by Crippen LogP contribution is 2.34. The molecule has 0 radical (unpaired) electrons. The summed E-state index contributed by atoms with van der Waals surface area (Å²) in [4.78, 5) is 37.7. The number of benzene rings is 1. The third-order valence-corrected chi connectivity index (χ3v) is 6.95. The molecular formula is C29H35FN6O3. The summed E-state index contributed by atoms with van der Waals surface area (Å²) in [6.45, 7) is 13.3. The summed E-state index contributed by atoms with van der Waals surface area (Å²) in [6.07, 6.45) is 3.88. The first-order chi connectivity index (χ1) is 18.4. The van der Waals surface area contributed by atoms with Gasteiger partial charge in [0, 0.05) is 54.9 Å². The van der Waals surface area contributed by atoms with Gasteiger partial charge in [-0.05, 0) is 66.2 Å². The highest BCUT2D eigenvalue weighted by atomic mass is 19.1. The molecule has 4 aromatic rings. The first-order valence-corrected chi connectivity index (χ1v) is 13.3.